The van der Waals surface area contributed by atoms with Crippen LogP contribution in [0.4, 0.5) is 11.6 Å². The van der Waals surface area contributed by atoms with Gasteiger partial charge in [-0.15, -0.1) is 0 Å². The first-order chi connectivity index (χ1) is 9.05. The van der Waals surface area contributed by atoms with Gasteiger partial charge in [0.15, 0.2) is 0 Å². The Morgan fingerprint density at radius 2 is 2.11 bits per heavy atom. The van der Waals surface area contributed by atoms with Crippen molar-refractivity contribution in [2.24, 2.45) is 5.84 Å². The van der Waals surface area contributed by atoms with Crippen LogP contribution in [0.3, 0.4) is 0 Å². The highest BCUT2D eigenvalue weighted by molar-refractivity contribution is 5.76. The summed E-state index contributed by atoms with van der Waals surface area (Å²) in [7, 11) is 0. The monoisotopic (exact) mass is 266 g/mol. The number of aryl methyl sites for hydroxylation is 1. The molecule has 106 valence electrons. The highest BCUT2D eigenvalue weighted by atomic mass is 16.1. The average molecular weight is 266 g/mol. The third kappa shape index (κ3) is 5.52. The molecule has 0 bridgehead atoms. The SMILES string of the molecule is CCC(C)NC(=O)CCNc1cc(NN)nc(C)n1. The first-order valence-electron chi connectivity index (χ1n) is 6.40. The summed E-state index contributed by atoms with van der Waals surface area (Å²) in [6.07, 6.45) is 1.33. The van der Waals surface area contributed by atoms with Crippen molar-refractivity contribution in [2.45, 2.75) is 39.7 Å². The van der Waals surface area contributed by atoms with Crippen molar-refractivity contribution in [3.8, 4) is 0 Å². The maximum absolute atomic E-state index is 11.6. The fourth-order valence-electron chi connectivity index (χ4n) is 1.49. The number of nitrogen functional groups attached to an aromatic ring is 1. The predicted molar refractivity (Wildman–Crippen MR) is 75.6 cm³/mol. The Hall–Kier alpha value is -1.89. The third-order valence-corrected chi connectivity index (χ3v) is 2.66. The summed E-state index contributed by atoms with van der Waals surface area (Å²) in [6.45, 7) is 6.32. The van der Waals surface area contributed by atoms with E-state index in [-0.39, 0.29) is 11.9 Å². The van der Waals surface area contributed by atoms with E-state index in [0.717, 1.165) is 6.42 Å². The van der Waals surface area contributed by atoms with E-state index in [1.54, 1.807) is 13.0 Å². The van der Waals surface area contributed by atoms with Gasteiger partial charge in [-0.3, -0.25) is 4.79 Å². The molecule has 0 saturated carbocycles. The Bertz CT molecular complexity index is 423. The molecular formula is C12H22N6O. The van der Waals surface area contributed by atoms with Gasteiger partial charge in [-0.25, -0.2) is 15.8 Å². The predicted octanol–water partition coefficient (Wildman–Crippen LogP) is 0.787. The molecule has 1 heterocycles. The van der Waals surface area contributed by atoms with Gasteiger partial charge < -0.3 is 16.1 Å². The minimum atomic E-state index is 0.0322. The molecule has 1 atom stereocenters. The van der Waals surface area contributed by atoms with Crippen molar-refractivity contribution >= 4 is 17.5 Å². The summed E-state index contributed by atoms with van der Waals surface area (Å²) < 4.78 is 0. The molecule has 0 spiro atoms. The molecule has 1 unspecified atom stereocenters. The van der Waals surface area contributed by atoms with Crippen LogP contribution in [0.1, 0.15) is 32.5 Å². The zero-order valence-corrected chi connectivity index (χ0v) is 11.7. The molecule has 1 aromatic heterocycles. The number of carbonyl (C=O) groups excluding carboxylic acids is 1. The van der Waals surface area contributed by atoms with Gasteiger partial charge in [0.25, 0.3) is 0 Å². The lowest BCUT2D eigenvalue weighted by atomic mass is 10.2. The second-order valence-electron chi connectivity index (χ2n) is 4.38. The van der Waals surface area contributed by atoms with E-state index >= 15 is 0 Å². The van der Waals surface area contributed by atoms with E-state index in [9.17, 15) is 4.79 Å². The van der Waals surface area contributed by atoms with Gasteiger partial charge in [-0.2, -0.15) is 0 Å². The number of aromatic nitrogens is 2. The van der Waals surface area contributed by atoms with Gasteiger partial charge >= 0.3 is 0 Å². The summed E-state index contributed by atoms with van der Waals surface area (Å²) in [6, 6.07) is 1.90. The van der Waals surface area contributed by atoms with Gasteiger partial charge in [0.2, 0.25) is 5.91 Å². The van der Waals surface area contributed by atoms with E-state index in [2.05, 4.69) is 26.0 Å². The summed E-state index contributed by atoms with van der Waals surface area (Å²) >= 11 is 0. The number of anilines is 2. The largest absolute Gasteiger partial charge is 0.369 e. The minimum Gasteiger partial charge on any atom is -0.369 e. The smallest absolute Gasteiger partial charge is 0.221 e. The number of nitrogens with zero attached hydrogens (tertiary/aromatic N) is 2. The molecule has 0 radical (unpaired) electrons. The van der Waals surface area contributed by atoms with Crippen molar-refractivity contribution in [1.82, 2.24) is 15.3 Å². The van der Waals surface area contributed by atoms with Crippen molar-refractivity contribution in [3.05, 3.63) is 11.9 Å². The fourth-order valence-corrected chi connectivity index (χ4v) is 1.49. The summed E-state index contributed by atoms with van der Waals surface area (Å²) in [5.74, 6) is 7.14. The van der Waals surface area contributed by atoms with Crippen LogP contribution in [-0.4, -0.2) is 28.5 Å². The second-order valence-corrected chi connectivity index (χ2v) is 4.38. The number of hydrogen-bond donors (Lipinski definition) is 4. The van der Waals surface area contributed by atoms with Crippen molar-refractivity contribution < 1.29 is 4.79 Å². The molecule has 0 aromatic carbocycles. The number of nitrogens with one attached hydrogen (secondary N) is 3. The standard InChI is InChI=1S/C12H22N6O/c1-4-8(2)15-12(19)5-6-14-10-7-11(18-13)17-9(3)16-10/h7-8H,4-6,13H2,1-3H3,(H,15,19)(H2,14,16,17,18). The number of hydrazine groups is 1. The van der Waals surface area contributed by atoms with Gasteiger partial charge in [0, 0.05) is 25.1 Å². The zero-order chi connectivity index (χ0) is 14.3. The molecule has 0 saturated heterocycles. The molecule has 1 aromatic rings. The van der Waals surface area contributed by atoms with E-state index in [0.29, 0.717) is 30.4 Å². The summed E-state index contributed by atoms with van der Waals surface area (Å²) in [4.78, 5) is 19.9. The molecule has 7 nitrogen and oxygen atoms in total. The van der Waals surface area contributed by atoms with Crippen LogP contribution in [0, 0.1) is 6.92 Å². The Morgan fingerprint density at radius 1 is 1.42 bits per heavy atom. The Morgan fingerprint density at radius 3 is 2.74 bits per heavy atom. The lowest BCUT2D eigenvalue weighted by Crippen LogP contribution is -2.33. The Labute approximate surface area is 113 Å². The normalized spacial score (nSPS) is 11.8. The van der Waals surface area contributed by atoms with Crippen LogP contribution in [0.2, 0.25) is 0 Å². The van der Waals surface area contributed by atoms with Crippen LogP contribution in [-0.2, 0) is 4.79 Å². The first kappa shape index (κ1) is 15.2. The summed E-state index contributed by atoms with van der Waals surface area (Å²) in [5.41, 5.74) is 2.47. The van der Waals surface area contributed by atoms with Gasteiger partial charge in [0.05, 0.1) is 0 Å². The number of nitrogens with two attached hydrogens (primary N) is 1. The van der Waals surface area contributed by atoms with E-state index < -0.39 is 0 Å². The molecule has 0 aliphatic rings. The lowest BCUT2D eigenvalue weighted by molar-refractivity contribution is -0.121. The average Bonchev–Trinajstić information content (AvgIpc) is 2.37. The van der Waals surface area contributed by atoms with Crippen LogP contribution >= 0.6 is 0 Å². The zero-order valence-electron chi connectivity index (χ0n) is 11.7. The topological polar surface area (TPSA) is 105 Å². The van der Waals surface area contributed by atoms with Crippen molar-refractivity contribution in [3.63, 3.8) is 0 Å². The third-order valence-electron chi connectivity index (χ3n) is 2.66. The van der Waals surface area contributed by atoms with Crippen LogP contribution in [0.5, 0.6) is 0 Å². The summed E-state index contributed by atoms with van der Waals surface area (Å²) in [5, 5.41) is 5.98. The number of carbonyl (C=O) groups is 1. The van der Waals surface area contributed by atoms with Crippen LogP contribution in [0.25, 0.3) is 0 Å². The Kier molecular flexibility index (Phi) is 6.01. The minimum absolute atomic E-state index is 0.0322. The highest BCUT2D eigenvalue weighted by Crippen LogP contribution is 2.09. The van der Waals surface area contributed by atoms with E-state index in [4.69, 9.17) is 5.84 Å². The van der Waals surface area contributed by atoms with Gasteiger partial charge in [-0.1, -0.05) is 6.92 Å². The van der Waals surface area contributed by atoms with Crippen LogP contribution in [0.15, 0.2) is 6.07 Å². The van der Waals surface area contributed by atoms with E-state index in [1.807, 2.05) is 13.8 Å². The molecule has 0 aliphatic carbocycles. The molecular weight excluding hydrogens is 244 g/mol. The van der Waals surface area contributed by atoms with E-state index in [1.165, 1.54) is 0 Å². The molecule has 1 rings (SSSR count). The maximum Gasteiger partial charge on any atom is 0.221 e. The highest BCUT2D eigenvalue weighted by Gasteiger charge is 2.05. The molecule has 1 amide bonds. The number of hydrogen-bond acceptors (Lipinski definition) is 6. The van der Waals surface area contributed by atoms with Crippen LogP contribution < -0.4 is 21.9 Å². The molecule has 19 heavy (non-hydrogen) atoms. The number of rotatable bonds is 7. The fraction of sp³-hybridized carbons (Fsp3) is 0.583. The van der Waals surface area contributed by atoms with Gasteiger partial charge in [0.1, 0.15) is 17.5 Å². The molecule has 5 N–H and O–H groups in total. The lowest BCUT2D eigenvalue weighted by Gasteiger charge is -2.12. The first-order valence-corrected chi connectivity index (χ1v) is 6.40. The maximum atomic E-state index is 11.6. The quantitative estimate of drug-likeness (QED) is 0.429. The Balaban J connectivity index is 2.40. The van der Waals surface area contributed by atoms with Crippen molar-refractivity contribution in [1.29, 1.82) is 0 Å². The molecule has 7 heteroatoms. The second kappa shape index (κ2) is 7.52. The van der Waals surface area contributed by atoms with Gasteiger partial charge in [-0.05, 0) is 20.3 Å². The van der Waals surface area contributed by atoms with Crippen molar-refractivity contribution in [2.75, 3.05) is 17.3 Å². The number of amides is 1. The molecule has 0 fully saturated rings. The molecule has 0 aliphatic heterocycles.